The van der Waals surface area contributed by atoms with E-state index in [0.29, 0.717) is 42.9 Å². The summed E-state index contributed by atoms with van der Waals surface area (Å²) in [6.45, 7) is 2.55. The van der Waals surface area contributed by atoms with Crippen LogP contribution in [0.25, 0.3) is 0 Å². The fourth-order valence-corrected chi connectivity index (χ4v) is 3.28. The molecule has 0 aliphatic rings. The van der Waals surface area contributed by atoms with Gasteiger partial charge in [-0.15, -0.1) is 0 Å². The zero-order valence-corrected chi connectivity index (χ0v) is 19.5. The highest BCUT2D eigenvalue weighted by atomic mass is 16.6. The molecule has 174 valence electrons. The number of hydrogen-bond donors (Lipinski definition) is 0. The summed E-state index contributed by atoms with van der Waals surface area (Å²) in [6.07, 6.45) is 0.410. The van der Waals surface area contributed by atoms with Gasteiger partial charge < -0.3 is 14.2 Å². The lowest BCUT2D eigenvalue weighted by Crippen LogP contribution is -2.27. The first-order valence-electron chi connectivity index (χ1n) is 11.2. The van der Waals surface area contributed by atoms with E-state index in [1.54, 1.807) is 43.3 Å². The van der Waals surface area contributed by atoms with Gasteiger partial charge in [0, 0.05) is 36.6 Å². The zero-order chi connectivity index (χ0) is 24.2. The van der Waals surface area contributed by atoms with E-state index in [1.165, 1.54) is 7.11 Å². The second-order valence-corrected chi connectivity index (χ2v) is 7.50. The molecule has 0 heterocycles. The Kier molecular flexibility index (Phi) is 9.45. The van der Waals surface area contributed by atoms with Crippen molar-refractivity contribution in [3.8, 4) is 17.6 Å². The van der Waals surface area contributed by atoms with Gasteiger partial charge in [0.1, 0.15) is 5.75 Å². The molecule has 0 bridgehead atoms. The van der Waals surface area contributed by atoms with Gasteiger partial charge in [0.25, 0.3) is 0 Å². The van der Waals surface area contributed by atoms with E-state index >= 15 is 0 Å². The van der Waals surface area contributed by atoms with Gasteiger partial charge in [-0.05, 0) is 48.9 Å². The molecule has 5 nitrogen and oxygen atoms in total. The van der Waals surface area contributed by atoms with Crippen molar-refractivity contribution < 1.29 is 23.8 Å². The van der Waals surface area contributed by atoms with Crippen LogP contribution < -0.4 is 4.74 Å². The summed E-state index contributed by atoms with van der Waals surface area (Å²) in [5.41, 5.74) is 3.15. The summed E-state index contributed by atoms with van der Waals surface area (Å²) in [6, 6.07) is 24.0. The fourth-order valence-electron chi connectivity index (χ4n) is 3.28. The molecular formula is C29H28O5. The highest BCUT2D eigenvalue weighted by molar-refractivity contribution is 6.08. The van der Waals surface area contributed by atoms with Gasteiger partial charge in [0.15, 0.2) is 11.9 Å². The summed E-state index contributed by atoms with van der Waals surface area (Å²) in [5, 5.41) is 0. The topological polar surface area (TPSA) is 61.8 Å². The maximum atomic E-state index is 12.5. The molecule has 34 heavy (non-hydrogen) atoms. The first kappa shape index (κ1) is 24.8. The Hall–Kier alpha value is -3.88. The maximum Gasteiger partial charge on any atom is 0.335 e. The second-order valence-electron chi connectivity index (χ2n) is 7.50. The number of esters is 1. The molecule has 0 amide bonds. The standard InChI is InChI=1S/C29H28O5/c1-3-33-29(31)27(32-2)21-23-14-12-22(13-15-23)9-7-8-20-34-26-18-16-25(17-19-26)28(30)24-10-5-4-6-11-24/h4-6,10-19,27H,3,8,20-21H2,1-2H3/t27-/m0/s1. The van der Waals surface area contributed by atoms with Crippen molar-refractivity contribution in [1.82, 2.24) is 0 Å². The third kappa shape index (κ3) is 7.33. The number of carbonyl (C=O) groups is 2. The maximum absolute atomic E-state index is 12.5. The first-order valence-corrected chi connectivity index (χ1v) is 11.2. The molecule has 0 aliphatic carbocycles. The number of carbonyl (C=O) groups excluding carboxylic acids is 2. The van der Waals surface area contributed by atoms with Crippen LogP contribution in [-0.4, -0.2) is 38.2 Å². The number of methoxy groups -OCH3 is 1. The summed E-state index contributed by atoms with van der Waals surface area (Å²) in [7, 11) is 1.50. The molecule has 0 aromatic heterocycles. The van der Waals surface area contributed by atoms with Gasteiger partial charge in [0.2, 0.25) is 0 Å². The molecule has 1 atom stereocenters. The predicted octanol–water partition coefficient (Wildman–Crippen LogP) is 4.86. The molecule has 0 saturated heterocycles. The van der Waals surface area contributed by atoms with E-state index in [0.717, 1.165) is 11.1 Å². The quantitative estimate of drug-likeness (QED) is 0.189. The molecule has 3 rings (SSSR count). The second kappa shape index (κ2) is 13.0. The van der Waals surface area contributed by atoms with Crippen molar-refractivity contribution >= 4 is 11.8 Å². The molecule has 0 spiro atoms. The van der Waals surface area contributed by atoms with Crippen molar-refractivity contribution in [3.63, 3.8) is 0 Å². The molecule has 0 radical (unpaired) electrons. The predicted molar refractivity (Wildman–Crippen MR) is 131 cm³/mol. The monoisotopic (exact) mass is 456 g/mol. The van der Waals surface area contributed by atoms with E-state index in [-0.39, 0.29) is 11.8 Å². The lowest BCUT2D eigenvalue weighted by atomic mass is 10.0. The Bertz CT molecular complexity index is 1120. The van der Waals surface area contributed by atoms with E-state index in [2.05, 4.69) is 11.8 Å². The van der Waals surface area contributed by atoms with Gasteiger partial charge in [0.05, 0.1) is 13.2 Å². The minimum Gasteiger partial charge on any atom is -0.493 e. The fraction of sp³-hybridized carbons (Fsp3) is 0.241. The van der Waals surface area contributed by atoms with Gasteiger partial charge in [-0.1, -0.05) is 54.3 Å². The van der Waals surface area contributed by atoms with Crippen LogP contribution in [0.15, 0.2) is 78.9 Å². The highest BCUT2D eigenvalue weighted by Gasteiger charge is 2.19. The summed E-state index contributed by atoms with van der Waals surface area (Å²) >= 11 is 0. The van der Waals surface area contributed by atoms with Gasteiger partial charge >= 0.3 is 5.97 Å². The van der Waals surface area contributed by atoms with Gasteiger partial charge in [-0.2, -0.15) is 0 Å². The van der Waals surface area contributed by atoms with E-state index in [4.69, 9.17) is 14.2 Å². The van der Waals surface area contributed by atoms with Crippen LogP contribution in [0.2, 0.25) is 0 Å². The Morgan fingerprint density at radius 3 is 2.21 bits per heavy atom. The molecular weight excluding hydrogens is 428 g/mol. The smallest absolute Gasteiger partial charge is 0.335 e. The Morgan fingerprint density at radius 2 is 1.56 bits per heavy atom. The van der Waals surface area contributed by atoms with Crippen molar-refractivity contribution in [2.24, 2.45) is 0 Å². The number of ether oxygens (including phenoxy) is 3. The summed E-state index contributed by atoms with van der Waals surface area (Å²) < 4.78 is 16.0. The molecule has 0 unspecified atom stereocenters. The van der Waals surface area contributed by atoms with Crippen LogP contribution in [0.5, 0.6) is 5.75 Å². The average molecular weight is 457 g/mol. The van der Waals surface area contributed by atoms with Crippen LogP contribution in [0, 0.1) is 11.8 Å². The number of hydrogen-bond acceptors (Lipinski definition) is 5. The van der Waals surface area contributed by atoms with E-state index in [9.17, 15) is 9.59 Å². The molecule has 3 aromatic rings. The SMILES string of the molecule is CCOC(=O)[C@H](Cc1ccc(C#CCCOc2ccc(C(=O)c3ccccc3)cc2)cc1)OC. The normalized spacial score (nSPS) is 11.1. The van der Waals surface area contributed by atoms with Crippen LogP contribution in [0.4, 0.5) is 0 Å². The van der Waals surface area contributed by atoms with Crippen LogP contribution in [-0.2, 0) is 20.7 Å². The van der Waals surface area contributed by atoms with Crippen LogP contribution in [0.3, 0.4) is 0 Å². The molecule has 0 N–H and O–H groups in total. The average Bonchev–Trinajstić information content (AvgIpc) is 2.88. The number of rotatable bonds is 10. The van der Waals surface area contributed by atoms with E-state index in [1.807, 2.05) is 42.5 Å². The molecule has 5 heteroatoms. The van der Waals surface area contributed by atoms with E-state index < -0.39 is 6.10 Å². The highest BCUT2D eigenvalue weighted by Crippen LogP contribution is 2.16. The van der Waals surface area contributed by atoms with Crippen molar-refractivity contribution in [2.75, 3.05) is 20.3 Å². The van der Waals surface area contributed by atoms with Crippen molar-refractivity contribution in [1.29, 1.82) is 0 Å². The van der Waals surface area contributed by atoms with Crippen LogP contribution in [0.1, 0.15) is 40.4 Å². The summed E-state index contributed by atoms with van der Waals surface area (Å²) in [5.74, 6) is 6.55. The van der Waals surface area contributed by atoms with Gasteiger partial charge in [-0.3, -0.25) is 4.79 Å². The van der Waals surface area contributed by atoms with Crippen molar-refractivity contribution in [2.45, 2.75) is 25.9 Å². The Balaban J connectivity index is 1.45. The number of benzene rings is 3. The summed E-state index contributed by atoms with van der Waals surface area (Å²) in [4.78, 5) is 24.3. The third-order valence-electron chi connectivity index (χ3n) is 5.09. The van der Waals surface area contributed by atoms with Crippen molar-refractivity contribution in [3.05, 3.63) is 101 Å². The lowest BCUT2D eigenvalue weighted by Gasteiger charge is -2.13. The lowest BCUT2D eigenvalue weighted by molar-refractivity contribution is -0.154. The molecule has 3 aromatic carbocycles. The number of ketones is 1. The largest absolute Gasteiger partial charge is 0.493 e. The molecule has 0 aliphatic heterocycles. The Morgan fingerprint density at radius 1 is 0.882 bits per heavy atom. The molecule has 0 saturated carbocycles. The first-order chi connectivity index (χ1) is 16.6. The Labute approximate surface area is 200 Å². The molecule has 0 fully saturated rings. The minimum absolute atomic E-state index is 0.0114. The third-order valence-corrected chi connectivity index (χ3v) is 5.09. The van der Waals surface area contributed by atoms with Crippen LogP contribution >= 0.6 is 0 Å². The minimum atomic E-state index is -0.612. The zero-order valence-electron chi connectivity index (χ0n) is 19.5. The van der Waals surface area contributed by atoms with Gasteiger partial charge in [-0.25, -0.2) is 4.79 Å².